The van der Waals surface area contributed by atoms with Gasteiger partial charge >= 0.3 is 6.18 Å². The first kappa shape index (κ1) is 18.5. The fraction of sp³-hybridized carbons (Fsp3) is 0.350. The molecule has 3 heterocycles. The monoisotopic (exact) mass is 388 g/mol. The first-order valence-electron chi connectivity index (χ1n) is 9.19. The van der Waals surface area contributed by atoms with Crippen LogP contribution in [-0.2, 0) is 12.6 Å². The minimum Gasteiger partial charge on any atom is -0.332 e. The average molecular weight is 388 g/mol. The summed E-state index contributed by atoms with van der Waals surface area (Å²) in [6.45, 7) is 2.54. The number of H-pyrrole nitrogens is 1. The predicted molar refractivity (Wildman–Crippen MR) is 97.7 cm³/mol. The molecule has 1 N–H and O–H groups in total. The highest BCUT2D eigenvalue weighted by Gasteiger charge is 2.33. The molecule has 0 radical (unpaired) electrons. The number of pyridine rings is 1. The maximum atomic E-state index is 13.1. The predicted octanol–water partition coefficient (Wildman–Crippen LogP) is 4.52. The molecular formula is C20H19F3N4O. The topological polar surface area (TPSA) is 61.9 Å². The van der Waals surface area contributed by atoms with Gasteiger partial charge in [-0.25, -0.2) is 4.98 Å². The Morgan fingerprint density at radius 3 is 2.71 bits per heavy atom. The number of amides is 1. The smallest absolute Gasteiger partial charge is 0.332 e. The summed E-state index contributed by atoms with van der Waals surface area (Å²) >= 11 is 0. The van der Waals surface area contributed by atoms with Gasteiger partial charge in [0.15, 0.2) is 5.65 Å². The van der Waals surface area contributed by atoms with Gasteiger partial charge in [-0.2, -0.15) is 18.3 Å². The van der Waals surface area contributed by atoms with Gasteiger partial charge in [0.25, 0.3) is 5.91 Å². The van der Waals surface area contributed by atoms with Gasteiger partial charge in [0, 0.05) is 18.1 Å². The Morgan fingerprint density at radius 2 is 2.04 bits per heavy atom. The molecule has 2 aromatic heterocycles. The number of halogens is 3. The number of hydrogen-bond acceptors (Lipinski definition) is 3. The van der Waals surface area contributed by atoms with Crippen molar-refractivity contribution in [1.82, 2.24) is 20.1 Å². The van der Waals surface area contributed by atoms with E-state index in [4.69, 9.17) is 0 Å². The number of benzene rings is 1. The molecule has 0 spiro atoms. The van der Waals surface area contributed by atoms with Crippen LogP contribution in [0, 0.1) is 0 Å². The van der Waals surface area contributed by atoms with Crippen LogP contribution in [0.2, 0.25) is 0 Å². The largest absolute Gasteiger partial charge is 0.416 e. The Hall–Kier alpha value is -2.90. The van der Waals surface area contributed by atoms with Crippen molar-refractivity contribution in [3.63, 3.8) is 0 Å². The minimum absolute atomic E-state index is 0.167. The number of hydrogen-bond donors (Lipinski definition) is 1. The van der Waals surface area contributed by atoms with Crippen LogP contribution in [0.25, 0.3) is 11.0 Å². The van der Waals surface area contributed by atoms with Crippen molar-refractivity contribution < 1.29 is 18.0 Å². The van der Waals surface area contributed by atoms with Crippen LogP contribution in [0.3, 0.4) is 0 Å². The van der Waals surface area contributed by atoms with Crippen LogP contribution in [0.1, 0.15) is 53.0 Å². The van der Waals surface area contributed by atoms with Crippen molar-refractivity contribution >= 4 is 16.9 Å². The molecule has 1 amide bonds. The molecule has 0 saturated carbocycles. The fourth-order valence-electron chi connectivity index (χ4n) is 3.76. The fourth-order valence-corrected chi connectivity index (χ4v) is 3.76. The van der Waals surface area contributed by atoms with Crippen molar-refractivity contribution in [1.29, 1.82) is 0 Å². The van der Waals surface area contributed by atoms with Gasteiger partial charge in [0.2, 0.25) is 0 Å². The minimum atomic E-state index is -4.37. The number of carbonyl (C=O) groups excluding carboxylic acids is 1. The molecule has 28 heavy (non-hydrogen) atoms. The molecule has 8 heteroatoms. The van der Waals surface area contributed by atoms with Crippen molar-refractivity contribution in [2.24, 2.45) is 0 Å². The third-order valence-corrected chi connectivity index (χ3v) is 5.21. The second-order valence-electron chi connectivity index (χ2n) is 6.92. The summed E-state index contributed by atoms with van der Waals surface area (Å²) in [5.74, 6) is -0.167. The van der Waals surface area contributed by atoms with Gasteiger partial charge in [-0.15, -0.1) is 0 Å². The quantitative estimate of drug-likeness (QED) is 0.718. The molecule has 1 saturated heterocycles. The Balaban J connectivity index is 1.62. The van der Waals surface area contributed by atoms with Crippen molar-refractivity contribution in [3.8, 4) is 0 Å². The van der Waals surface area contributed by atoms with Crippen LogP contribution in [0.5, 0.6) is 0 Å². The number of likely N-dealkylation sites (tertiary alicyclic amines) is 1. The van der Waals surface area contributed by atoms with Crippen LogP contribution >= 0.6 is 0 Å². The number of alkyl halides is 3. The molecule has 1 atom stereocenters. The van der Waals surface area contributed by atoms with E-state index in [0.29, 0.717) is 23.3 Å². The maximum absolute atomic E-state index is 13.1. The first-order chi connectivity index (χ1) is 13.4. The van der Waals surface area contributed by atoms with Crippen LogP contribution in [0.4, 0.5) is 13.2 Å². The highest BCUT2D eigenvalue weighted by atomic mass is 19.4. The van der Waals surface area contributed by atoms with E-state index in [1.807, 2.05) is 6.92 Å². The lowest BCUT2D eigenvalue weighted by atomic mass is 10.0. The highest BCUT2D eigenvalue weighted by Crippen LogP contribution is 2.35. The third kappa shape index (κ3) is 3.23. The molecule has 1 unspecified atom stereocenters. The summed E-state index contributed by atoms with van der Waals surface area (Å²) in [5.41, 5.74) is 1.97. The molecule has 0 aliphatic carbocycles. The summed E-state index contributed by atoms with van der Waals surface area (Å²) in [6.07, 6.45) is -0.605. The van der Waals surface area contributed by atoms with E-state index >= 15 is 0 Å². The maximum Gasteiger partial charge on any atom is 0.416 e. The molecule has 0 bridgehead atoms. The van der Waals surface area contributed by atoms with Gasteiger partial charge in [0.1, 0.15) is 0 Å². The molecule has 1 aromatic carbocycles. The van der Waals surface area contributed by atoms with Crippen molar-refractivity contribution in [2.45, 2.75) is 38.4 Å². The summed E-state index contributed by atoms with van der Waals surface area (Å²) in [6, 6.07) is 6.62. The summed E-state index contributed by atoms with van der Waals surface area (Å²) in [5, 5.41) is 7.87. The van der Waals surface area contributed by atoms with E-state index < -0.39 is 11.7 Å². The molecule has 5 nitrogen and oxygen atoms in total. The second kappa shape index (κ2) is 6.92. The molecule has 146 valence electrons. The van der Waals surface area contributed by atoms with E-state index in [1.54, 1.807) is 11.0 Å². The third-order valence-electron chi connectivity index (χ3n) is 5.21. The highest BCUT2D eigenvalue weighted by molar-refractivity contribution is 5.97. The second-order valence-corrected chi connectivity index (χ2v) is 6.92. The van der Waals surface area contributed by atoms with E-state index in [1.165, 1.54) is 18.3 Å². The number of fused-ring (bicyclic) bond motifs is 1. The number of aryl methyl sites for hydroxylation is 1. The zero-order chi connectivity index (χ0) is 19.9. The summed E-state index contributed by atoms with van der Waals surface area (Å²) in [4.78, 5) is 19.1. The van der Waals surface area contributed by atoms with Crippen molar-refractivity contribution in [3.05, 3.63) is 58.9 Å². The van der Waals surface area contributed by atoms with E-state index in [2.05, 4.69) is 15.2 Å². The van der Waals surface area contributed by atoms with E-state index in [0.717, 1.165) is 42.5 Å². The van der Waals surface area contributed by atoms with Gasteiger partial charge in [0.05, 0.1) is 22.9 Å². The van der Waals surface area contributed by atoms with Crippen LogP contribution in [0.15, 0.2) is 36.5 Å². The molecule has 3 aromatic rings. The normalized spacial score (nSPS) is 17.4. The number of carbonyl (C=O) groups is 1. The number of nitrogens with one attached hydrogen (secondary N) is 1. The first-order valence-corrected chi connectivity index (χ1v) is 9.19. The number of nitrogens with zero attached hydrogens (tertiary/aromatic N) is 3. The summed E-state index contributed by atoms with van der Waals surface area (Å²) < 4.78 is 38.4. The lowest BCUT2D eigenvalue weighted by molar-refractivity contribution is -0.137. The number of aromatic nitrogens is 3. The Bertz CT molecular complexity index is 1010. The Morgan fingerprint density at radius 1 is 1.29 bits per heavy atom. The van der Waals surface area contributed by atoms with E-state index in [9.17, 15) is 18.0 Å². The lowest BCUT2D eigenvalue weighted by Gasteiger charge is -2.25. The molecule has 1 aliphatic rings. The van der Waals surface area contributed by atoms with Gasteiger partial charge < -0.3 is 4.90 Å². The molecular weight excluding hydrogens is 369 g/mol. The molecule has 1 aliphatic heterocycles. The Kier molecular flexibility index (Phi) is 4.56. The lowest BCUT2D eigenvalue weighted by Crippen LogP contribution is -2.30. The SMILES string of the molecule is CCc1n[nH]c2ncc(C(=O)N3CCCC3c3ccc(C(F)(F)F)cc3)cc12. The number of aromatic amines is 1. The van der Waals surface area contributed by atoms with Gasteiger partial charge in [-0.3, -0.25) is 9.89 Å². The Labute approximate surface area is 159 Å². The average Bonchev–Trinajstić information content (AvgIpc) is 3.33. The standard InChI is InChI=1S/C20H19F3N4O/c1-2-16-15-10-13(11-24-18(15)26-25-16)19(28)27-9-3-4-17(27)12-5-7-14(8-6-12)20(21,22)23/h5-8,10-11,17H,2-4,9H2,1H3,(H,24,25,26). The molecule has 4 rings (SSSR count). The summed E-state index contributed by atoms with van der Waals surface area (Å²) in [7, 11) is 0. The van der Waals surface area contributed by atoms with Gasteiger partial charge in [-0.1, -0.05) is 19.1 Å². The van der Waals surface area contributed by atoms with E-state index in [-0.39, 0.29) is 11.9 Å². The number of rotatable bonds is 3. The zero-order valence-corrected chi connectivity index (χ0v) is 15.3. The zero-order valence-electron chi connectivity index (χ0n) is 15.3. The van der Waals surface area contributed by atoms with Crippen molar-refractivity contribution in [2.75, 3.05) is 6.54 Å². The van der Waals surface area contributed by atoms with Crippen LogP contribution in [-0.4, -0.2) is 32.5 Å². The molecule has 1 fully saturated rings. The van der Waals surface area contributed by atoms with Gasteiger partial charge in [-0.05, 0) is 43.0 Å². The van der Waals surface area contributed by atoms with Crippen LogP contribution < -0.4 is 0 Å².